The van der Waals surface area contributed by atoms with Gasteiger partial charge in [-0.25, -0.2) is 12.8 Å². The maximum absolute atomic E-state index is 14.5. The summed E-state index contributed by atoms with van der Waals surface area (Å²) in [7, 11) is -2.92. The van der Waals surface area contributed by atoms with Crippen molar-refractivity contribution in [2.45, 2.75) is 37.2 Å². The van der Waals surface area contributed by atoms with Gasteiger partial charge >= 0.3 is 0 Å². The van der Waals surface area contributed by atoms with Crippen molar-refractivity contribution in [3.8, 4) is 5.75 Å². The van der Waals surface area contributed by atoms with Gasteiger partial charge in [0.05, 0.1) is 17.7 Å². The minimum absolute atomic E-state index is 0.0522. The molecule has 0 radical (unpaired) electrons. The highest BCUT2D eigenvalue weighted by Crippen LogP contribution is 2.29. The molecule has 0 aliphatic heterocycles. The van der Waals surface area contributed by atoms with Gasteiger partial charge in [0.15, 0.2) is 0 Å². The second kappa shape index (κ2) is 15.9. The molecule has 0 aromatic heterocycles. The van der Waals surface area contributed by atoms with Gasteiger partial charge in [-0.2, -0.15) is 0 Å². The summed E-state index contributed by atoms with van der Waals surface area (Å²) in [5.41, 5.74) is 1.23. The van der Waals surface area contributed by atoms with E-state index >= 15 is 0 Å². The van der Waals surface area contributed by atoms with Crippen LogP contribution in [-0.2, 0) is 32.6 Å². The largest absolute Gasteiger partial charge is 0.497 e. The molecular formula is C34H34Cl2FN3O5S. The van der Waals surface area contributed by atoms with Gasteiger partial charge in [-0.1, -0.05) is 66.5 Å². The number of amides is 2. The Balaban J connectivity index is 1.82. The van der Waals surface area contributed by atoms with Crippen molar-refractivity contribution in [2.24, 2.45) is 0 Å². The molecule has 242 valence electrons. The molecule has 0 aliphatic rings. The van der Waals surface area contributed by atoms with Crippen LogP contribution in [0.5, 0.6) is 5.75 Å². The zero-order chi connectivity index (χ0) is 33.3. The fraction of sp³-hybridized carbons (Fsp3) is 0.235. The van der Waals surface area contributed by atoms with Gasteiger partial charge in [0, 0.05) is 35.1 Å². The second-order valence-electron chi connectivity index (χ2n) is 10.4. The Hall–Kier alpha value is -4.12. The van der Waals surface area contributed by atoms with E-state index in [1.807, 2.05) is 37.3 Å². The van der Waals surface area contributed by atoms with Gasteiger partial charge in [0.1, 0.15) is 24.2 Å². The number of anilines is 1. The summed E-state index contributed by atoms with van der Waals surface area (Å²) in [6.45, 7) is 1.37. The predicted molar refractivity (Wildman–Crippen MR) is 178 cm³/mol. The zero-order valence-electron chi connectivity index (χ0n) is 25.3. The first-order valence-electron chi connectivity index (χ1n) is 14.5. The second-order valence-corrected chi connectivity index (χ2v) is 13.1. The molecule has 0 heterocycles. The summed E-state index contributed by atoms with van der Waals surface area (Å²) in [4.78, 5) is 29.4. The third kappa shape index (κ3) is 8.57. The average Bonchev–Trinajstić information content (AvgIpc) is 3.06. The number of carbonyl (C=O) groups excluding carboxylic acids is 2. The smallest absolute Gasteiger partial charge is 0.264 e. The summed E-state index contributed by atoms with van der Waals surface area (Å²) < 4.78 is 48.2. The fourth-order valence-corrected chi connectivity index (χ4v) is 6.72. The van der Waals surface area contributed by atoms with E-state index in [4.69, 9.17) is 27.9 Å². The Morgan fingerprint density at radius 3 is 2.11 bits per heavy atom. The topological polar surface area (TPSA) is 96.0 Å². The molecule has 12 heteroatoms. The van der Waals surface area contributed by atoms with Crippen LogP contribution < -0.4 is 14.4 Å². The van der Waals surface area contributed by atoms with Crippen molar-refractivity contribution in [1.29, 1.82) is 0 Å². The van der Waals surface area contributed by atoms with Crippen LogP contribution in [0.1, 0.15) is 24.5 Å². The van der Waals surface area contributed by atoms with E-state index in [1.165, 1.54) is 48.4 Å². The highest BCUT2D eigenvalue weighted by atomic mass is 35.5. The molecule has 0 saturated carbocycles. The summed E-state index contributed by atoms with van der Waals surface area (Å²) in [6.07, 6.45) is 0.790. The lowest BCUT2D eigenvalue weighted by atomic mass is 10.0. The SMILES string of the molecule is CCCNC(=O)[C@@H](Cc1ccccc1)N(Cc1c(Cl)cccc1Cl)C(=O)CN(c1ccc(F)cc1)S(=O)(=O)c1ccc(OC)cc1. The van der Waals surface area contributed by atoms with E-state index in [-0.39, 0.29) is 33.6 Å². The average molecular weight is 687 g/mol. The van der Waals surface area contributed by atoms with E-state index in [0.717, 1.165) is 22.0 Å². The number of nitrogens with one attached hydrogen (secondary N) is 1. The van der Waals surface area contributed by atoms with Crippen LogP contribution in [0.2, 0.25) is 10.0 Å². The van der Waals surface area contributed by atoms with Gasteiger partial charge in [-0.3, -0.25) is 13.9 Å². The third-order valence-corrected chi connectivity index (χ3v) is 9.75. The van der Waals surface area contributed by atoms with E-state index in [0.29, 0.717) is 24.3 Å². The van der Waals surface area contributed by atoms with Gasteiger partial charge in [0.2, 0.25) is 11.8 Å². The minimum Gasteiger partial charge on any atom is -0.497 e. The number of ether oxygens (including phenoxy) is 1. The van der Waals surface area contributed by atoms with E-state index in [1.54, 1.807) is 18.2 Å². The lowest BCUT2D eigenvalue weighted by Gasteiger charge is -2.34. The Labute approximate surface area is 278 Å². The first-order chi connectivity index (χ1) is 22.0. The molecule has 0 spiro atoms. The van der Waals surface area contributed by atoms with Crippen molar-refractivity contribution < 1.29 is 27.1 Å². The normalized spacial score (nSPS) is 11.8. The Morgan fingerprint density at radius 2 is 1.52 bits per heavy atom. The number of halogens is 3. The molecule has 1 N–H and O–H groups in total. The number of benzene rings is 4. The lowest BCUT2D eigenvalue weighted by molar-refractivity contribution is -0.140. The van der Waals surface area contributed by atoms with Gasteiger partial charge in [0.25, 0.3) is 10.0 Å². The summed E-state index contributed by atoms with van der Waals surface area (Å²) in [5, 5.41) is 3.43. The Kier molecular flexibility index (Phi) is 12.0. The van der Waals surface area contributed by atoms with Crippen LogP contribution in [0.15, 0.2) is 102 Å². The Bertz CT molecular complexity index is 1720. The highest BCUT2D eigenvalue weighted by Gasteiger charge is 2.35. The predicted octanol–water partition coefficient (Wildman–Crippen LogP) is 6.50. The molecule has 4 aromatic carbocycles. The zero-order valence-corrected chi connectivity index (χ0v) is 27.7. The molecule has 4 aromatic rings. The summed E-state index contributed by atoms with van der Waals surface area (Å²) in [6, 6.07) is 23.4. The molecule has 0 aliphatic carbocycles. The maximum Gasteiger partial charge on any atom is 0.264 e. The van der Waals surface area contributed by atoms with Gasteiger partial charge in [-0.05, 0) is 72.6 Å². The van der Waals surface area contributed by atoms with E-state index in [2.05, 4.69) is 5.32 Å². The molecule has 2 amide bonds. The molecule has 1 atom stereocenters. The van der Waals surface area contributed by atoms with Gasteiger partial charge in [-0.15, -0.1) is 0 Å². The first-order valence-corrected chi connectivity index (χ1v) is 16.7. The quantitative estimate of drug-likeness (QED) is 0.163. The lowest BCUT2D eigenvalue weighted by Crippen LogP contribution is -2.53. The molecular weight excluding hydrogens is 652 g/mol. The van der Waals surface area contributed by atoms with Crippen molar-refractivity contribution in [1.82, 2.24) is 10.2 Å². The monoisotopic (exact) mass is 685 g/mol. The fourth-order valence-electron chi connectivity index (χ4n) is 4.78. The number of nitrogens with zero attached hydrogens (tertiary/aromatic N) is 2. The molecule has 0 bridgehead atoms. The summed E-state index contributed by atoms with van der Waals surface area (Å²) >= 11 is 13.1. The third-order valence-electron chi connectivity index (χ3n) is 7.25. The molecule has 46 heavy (non-hydrogen) atoms. The van der Waals surface area contributed by atoms with E-state index < -0.39 is 40.2 Å². The van der Waals surface area contributed by atoms with Crippen LogP contribution in [0.25, 0.3) is 0 Å². The minimum atomic E-state index is -4.37. The number of carbonyl (C=O) groups is 2. The molecule has 8 nitrogen and oxygen atoms in total. The molecule has 0 saturated heterocycles. The number of hydrogen-bond donors (Lipinski definition) is 1. The van der Waals surface area contributed by atoms with Crippen molar-refractivity contribution in [3.05, 3.63) is 124 Å². The maximum atomic E-state index is 14.5. The molecule has 4 rings (SSSR count). The standard InChI is InChI=1S/C34H34Cl2FN3O5S/c1-3-20-38-34(42)32(21-24-8-5-4-6-9-24)39(22-29-30(35)10-7-11-31(29)36)33(41)23-40(26-14-12-25(37)13-15-26)46(43,44)28-18-16-27(45-2)17-19-28/h4-19,32H,3,20-23H2,1-2H3,(H,38,42)/t32-/m1/s1. The van der Waals surface area contributed by atoms with E-state index in [9.17, 15) is 22.4 Å². The molecule has 0 fully saturated rings. The Morgan fingerprint density at radius 1 is 0.891 bits per heavy atom. The van der Waals surface area contributed by atoms with Crippen LogP contribution in [-0.4, -0.2) is 51.4 Å². The number of sulfonamides is 1. The van der Waals surface area contributed by atoms with Gasteiger partial charge < -0.3 is 15.0 Å². The summed E-state index contributed by atoms with van der Waals surface area (Å²) in [5.74, 6) is -1.27. The first kappa shape index (κ1) is 34.7. The van der Waals surface area contributed by atoms with Crippen molar-refractivity contribution in [3.63, 3.8) is 0 Å². The van der Waals surface area contributed by atoms with Crippen LogP contribution in [0, 0.1) is 5.82 Å². The number of hydrogen-bond acceptors (Lipinski definition) is 5. The van der Waals surface area contributed by atoms with Crippen molar-refractivity contribution in [2.75, 3.05) is 24.5 Å². The number of rotatable bonds is 14. The molecule has 0 unspecified atom stereocenters. The van der Waals surface area contributed by atoms with Crippen LogP contribution >= 0.6 is 23.2 Å². The van der Waals surface area contributed by atoms with Crippen LogP contribution in [0.3, 0.4) is 0 Å². The van der Waals surface area contributed by atoms with Crippen molar-refractivity contribution >= 4 is 50.7 Å². The number of methoxy groups -OCH3 is 1. The highest BCUT2D eigenvalue weighted by molar-refractivity contribution is 7.92. The van der Waals surface area contributed by atoms with Crippen LogP contribution in [0.4, 0.5) is 10.1 Å².